The molecule has 30 heavy (non-hydrogen) atoms. The highest BCUT2D eigenvalue weighted by Gasteiger charge is 2.36. The summed E-state index contributed by atoms with van der Waals surface area (Å²) in [7, 11) is 0. The van der Waals surface area contributed by atoms with Crippen LogP contribution in [0.1, 0.15) is 82.7 Å². The van der Waals surface area contributed by atoms with Crippen molar-refractivity contribution >= 4 is 5.91 Å². The van der Waals surface area contributed by atoms with Crippen LogP contribution in [0.3, 0.4) is 0 Å². The summed E-state index contributed by atoms with van der Waals surface area (Å²) < 4.78 is 7.89. The fourth-order valence-electron chi connectivity index (χ4n) is 5.29. The van der Waals surface area contributed by atoms with Crippen LogP contribution < -0.4 is 5.32 Å². The highest BCUT2D eigenvalue weighted by atomic mass is 16.5. The zero-order valence-corrected chi connectivity index (χ0v) is 17.8. The van der Waals surface area contributed by atoms with Gasteiger partial charge in [-0.3, -0.25) is 9.48 Å². The molecule has 2 heterocycles. The van der Waals surface area contributed by atoms with Gasteiger partial charge in [-0.15, -0.1) is 5.10 Å². The Hall–Kier alpha value is -1.51. The average Bonchev–Trinajstić information content (AvgIpc) is 3.44. The largest absolute Gasteiger partial charge is 0.394 e. The standard InChI is InChI=1S/C22H36N4O4/c27-15-19-18(23-21(28)16-6-2-1-3-7-16)9-8-17(30-19)10-13-26-14-20(24-25-26)22(29)11-4-5-12-22/h14,16-19,27,29H,1-13,15H2,(H,23,28)/t17-,18-,19-/m1/s1. The summed E-state index contributed by atoms with van der Waals surface area (Å²) in [6.45, 7) is 0.567. The minimum absolute atomic E-state index is 0.0206. The zero-order valence-electron chi connectivity index (χ0n) is 17.8. The number of aliphatic hydroxyl groups is 2. The van der Waals surface area contributed by atoms with Gasteiger partial charge in [-0.2, -0.15) is 0 Å². The third-order valence-corrected chi connectivity index (χ3v) is 7.23. The molecule has 3 atom stereocenters. The number of hydrogen-bond donors (Lipinski definition) is 3. The lowest BCUT2D eigenvalue weighted by Crippen LogP contribution is -2.52. The number of carbonyl (C=O) groups excluding carboxylic acids is 1. The van der Waals surface area contributed by atoms with Crippen LogP contribution in [0, 0.1) is 5.92 Å². The fraction of sp³-hybridized carbons (Fsp3) is 0.864. The van der Waals surface area contributed by atoms with E-state index < -0.39 is 5.60 Å². The van der Waals surface area contributed by atoms with Crippen molar-refractivity contribution in [3.05, 3.63) is 11.9 Å². The van der Waals surface area contributed by atoms with Crippen molar-refractivity contribution in [3.63, 3.8) is 0 Å². The molecule has 2 saturated carbocycles. The Labute approximate surface area is 178 Å². The van der Waals surface area contributed by atoms with E-state index in [1.54, 1.807) is 4.68 Å². The second-order valence-electron chi connectivity index (χ2n) is 9.40. The van der Waals surface area contributed by atoms with E-state index in [0.29, 0.717) is 12.2 Å². The van der Waals surface area contributed by atoms with E-state index in [9.17, 15) is 15.0 Å². The van der Waals surface area contributed by atoms with Gasteiger partial charge in [0, 0.05) is 12.5 Å². The molecule has 1 aromatic rings. The number of carbonyl (C=O) groups is 1. The summed E-state index contributed by atoms with van der Waals surface area (Å²) in [6.07, 6.45) is 12.9. The van der Waals surface area contributed by atoms with Crippen molar-refractivity contribution in [3.8, 4) is 0 Å². The molecule has 8 nitrogen and oxygen atoms in total. The fourth-order valence-corrected chi connectivity index (χ4v) is 5.29. The van der Waals surface area contributed by atoms with E-state index in [0.717, 1.165) is 70.6 Å². The third-order valence-electron chi connectivity index (χ3n) is 7.23. The number of aliphatic hydroxyl groups excluding tert-OH is 1. The smallest absolute Gasteiger partial charge is 0.223 e. The highest BCUT2D eigenvalue weighted by molar-refractivity contribution is 5.79. The van der Waals surface area contributed by atoms with Crippen molar-refractivity contribution in [2.24, 2.45) is 5.92 Å². The van der Waals surface area contributed by atoms with E-state index in [1.165, 1.54) is 6.42 Å². The Balaban J connectivity index is 1.25. The van der Waals surface area contributed by atoms with Crippen molar-refractivity contribution < 1.29 is 19.7 Å². The first-order valence-corrected chi connectivity index (χ1v) is 11.8. The summed E-state index contributed by atoms with van der Waals surface area (Å²) in [5.74, 6) is 0.243. The van der Waals surface area contributed by atoms with Crippen LogP contribution in [0.4, 0.5) is 0 Å². The van der Waals surface area contributed by atoms with Gasteiger partial charge in [-0.25, -0.2) is 0 Å². The molecule has 3 N–H and O–H groups in total. The van der Waals surface area contributed by atoms with E-state index in [1.807, 2.05) is 6.20 Å². The van der Waals surface area contributed by atoms with Crippen molar-refractivity contribution in [1.82, 2.24) is 20.3 Å². The summed E-state index contributed by atoms with van der Waals surface area (Å²) in [5.41, 5.74) is -0.144. The molecular formula is C22H36N4O4. The van der Waals surface area contributed by atoms with Crippen LogP contribution in [0.5, 0.6) is 0 Å². The molecule has 1 amide bonds. The van der Waals surface area contributed by atoms with Gasteiger partial charge in [-0.1, -0.05) is 37.3 Å². The normalized spacial score (nSPS) is 29.7. The molecule has 4 rings (SSSR count). The van der Waals surface area contributed by atoms with Gasteiger partial charge in [0.25, 0.3) is 0 Å². The molecule has 8 heteroatoms. The monoisotopic (exact) mass is 420 g/mol. The van der Waals surface area contributed by atoms with Crippen LogP contribution in [-0.4, -0.2) is 56.0 Å². The minimum atomic E-state index is -0.814. The maximum atomic E-state index is 12.6. The average molecular weight is 421 g/mol. The van der Waals surface area contributed by atoms with Gasteiger partial charge in [-0.05, 0) is 44.9 Å². The maximum absolute atomic E-state index is 12.6. The second kappa shape index (κ2) is 9.75. The quantitative estimate of drug-likeness (QED) is 0.623. The maximum Gasteiger partial charge on any atom is 0.223 e. The first-order valence-electron chi connectivity index (χ1n) is 11.8. The molecule has 0 spiro atoms. The van der Waals surface area contributed by atoms with Crippen LogP contribution in [0.2, 0.25) is 0 Å². The highest BCUT2D eigenvalue weighted by Crippen LogP contribution is 2.37. The van der Waals surface area contributed by atoms with Gasteiger partial charge in [0.2, 0.25) is 5.91 Å². The van der Waals surface area contributed by atoms with E-state index >= 15 is 0 Å². The molecule has 168 valence electrons. The van der Waals surface area contributed by atoms with Gasteiger partial charge < -0.3 is 20.3 Å². The van der Waals surface area contributed by atoms with Gasteiger partial charge in [0.1, 0.15) is 17.4 Å². The van der Waals surface area contributed by atoms with Crippen LogP contribution >= 0.6 is 0 Å². The Morgan fingerprint density at radius 3 is 2.67 bits per heavy atom. The second-order valence-corrected chi connectivity index (χ2v) is 9.40. The van der Waals surface area contributed by atoms with E-state index in [-0.39, 0.29) is 36.7 Å². The third kappa shape index (κ3) is 5.03. The number of rotatable bonds is 7. The lowest BCUT2D eigenvalue weighted by atomic mass is 9.88. The van der Waals surface area contributed by atoms with Crippen LogP contribution in [0.15, 0.2) is 6.20 Å². The SMILES string of the molecule is O=C(N[C@@H]1CC[C@H](CCn2cc(C3(O)CCCC3)nn2)O[C@@H]1CO)C1CCCCC1. The van der Waals surface area contributed by atoms with Gasteiger partial charge >= 0.3 is 0 Å². The Morgan fingerprint density at radius 1 is 1.17 bits per heavy atom. The first kappa shape index (κ1) is 21.7. The first-order chi connectivity index (χ1) is 14.6. The summed E-state index contributed by atoms with van der Waals surface area (Å²) in [4.78, 5) is 12.6. The molecular weight excluding hydrogens is 384 g/mol. The molecule has 0 unspecified atom stereocenters. The zero-order chi connectivity index (χ0) is 21.0. The number of amides is 1. The number of nitrogens with zero attached hydrogens (tertiary/aromatic N) is 3. The lowest BCUT2D eigenvalue weighted by Gasteiger charge is -2.37. The number of aryl methyl sites for hydroxylation is 1. The van der Waals surface area contributed by atoms with Crippen molar-refractivity contribution in [1.29, 1.82) is 0 Å². The molecule has 0 bridgehead atoms. The molecule has 1 aromatic heterocycles. The Morgan fingerprint density at radius 2 is 1.93 bits per heavy atom. The molecule has 1 aliphatic heterocycles. The number of hydrogen-bond acceptors (Lipinski definition) is 6. The van der Waals surface area contributed by atoms with Crippen LogP contribution in [-0.2, 0) is 21.7 Å². The van der Waals surface area contributed by atoms with Crippen molar-refractivity contribution in [2.45, 2.75) is 107 Å². The Kier molecular flexibility index (Phi) is 7.05. The van der Waals surface area contributed by atoms with Crippen molar-refractivity contribution in [2.75, 3.05) is 6.61 Å². The van der Waals surface area contributed by atoms with E-state index in [2.05, 4.69) is 15.6 Å². The topological polar surface area (TPSA) is 110 Å². The molecule has 2 aliphatic carbocycles. The Bertz CT molecular complexity index is 697. The van der Waals surface area contributed by atoms with Gasteiger partial charge in [0.15, 0.2) is 0 Å². The summed E-state index contributed by atoms with van der Waals surface area (Å²) >= 11 is 0. The molecule has 0 aromatic carbocycles. The minimum Gasteiger partial charge on any atom is -0.394 e. The van der Waals surface area contributed by atoms with E-state index in [4.69, 9.17) is 4.74 Å². The predicted octanol–water partition coefficient (Wildman–Crippen LogP) is 2.03. The number of ether oxygens (including phenoxy) is 1. The molecule has 3 aliphatic rings. The van der Waals surface area contributed by atoms with Crippen LogP contribution in [0.25, 0.3) is 0 Å². The lowest BCUT2D eigenvalue weighted by molar-refractivity contribution is -0.133. The molecule has 0 radical (unpaired) electrons. The number of aromatic nitrogens is 3. The number of nitrogens with one attached hydrogen (secondary N) is 1. The summed E-state index contributed by atoms with van der Waals surface area (Å²) in [5, 5.41) is 32.0. The molecule has 3 fully saturated rings. The van der Waals surface area contributed by atoms with Gasteiger partial charge in [0.05, 0.1) is 24.9 Å². The molecule has 1 saturated heterocycles. The predicted molar refractivity (Wildman–Crippen MR) is 110 cm³/mol. The summed E-state index contributed by atoms with van der Waals surface area (Å²) in [6, 6.07) is -0.115.